The van der Waals surface area contributed by atoms with Gasteiger partial charge in [0.1, 0.15) is 12.1 Å². The molecule has 0 amide bonds. The highest BCUT2D eigenvalue weighted by Gasteiger charge is 2.25. The summed E-state index contributed by atoms with van der Waals surface area (Å²) in [6.45, 7) is 5.78. The van der Waals surface area contributed by atoms with E-state index in [1.54, 1.807) is 24.3 Å². The number of nitrogens with one attached hydrogen (secondary N) is 1. The highest BCUT2D eigenvalue weighted by Crippen LogP contribution is 2.36. The molecule has 0 aliphatic heterocycles. The number of halogens is 1. The Morgan fingerprint density at radius 3 is 2.44 bits per heavy atom. The van der Waals surface area contributed by atoms with Crippen molar-refractivity contribution in [2.45, 2.75) is 20.8 Å². The normalized spacial score (nSPS) is 10.5. The molecule has 1 aromatic heterocycles. The van der Waals surface area contributed by atoms with Gasteiger partial charge in [-0.2, -0.15) is 4.98 Å². The number of nitro groups is 1. The molecule has 0 fully saturated rings. The van der Waals surface area contributed by atoms with Gasteiger partial charge in [0.05, 0.1) is 4.92 Å². The predicted molar refractivity (Wildman–Crippen MR) is 104 cm³/mol. The van der Waals surface area contributed by atoms with Gasteiger partial charge in [-0.05, 0) is 61.7 Å². The average Bonchev–Trinajstić information content (AvgIpc) is 2.61. The molecule has 0 spiro atoms. The van der Waals surface area contributed by atoms with E-state index in [1.807, 2.05) is 32.9 Å². The van der Waals surface area contributed by atoms with Crippen LogP contribution in [0.15, 0.2) is 42.7 Å². The van der Waals surface area contributed by atoms with Crippen molar-refractivity contribution >= 4 is 28.8 Å². The molecule has 0 unspecified atom stereocenters. The van der Waals surface area contributed by atoms with Crippen molar-refractivity contribution in [2.24, 2.45) is 0 Å². The number of rotatable bonds is 5. The molecule has 3 aromatic rings. The van der Waals surface area contributed by atoms with Crippen LogP contribution in [0.4, 0.5) is 17.2 Å². The van der Waals surface area contributed by atoms with Crippen molar-refractivity contribution < 1.29 is 9.66 Å². The molecular weight excluding hydrogens is 368 g/mol. The van der Waals surface area contributed by atoms with Crippen LogP contribution >= 0.6 is 11.6 Å². The Hall–Kier alpha value is -3.19. The number of aryl methyl sites for hydroxylation is 3. The molecule has 0 radical (unpaired) electrons. The fraction of sp³-hybridized carbons (Fsp3) is 0.158. The maximum atomic E-state index is 11.6. The lowest BCUT2D eigenvalue weighted by Crippen LogP contribution is -2.03. The minimum absolute atomic E-state index is 0.0220. The highest BCUT2D eigenvalue weighted by molar-refractivity contribution is 6.31. The summed E-state index contributed by atoms with van der Waals surface area (Å²) in [5.41, 5.74) is 3.23. The summed E-state index contributed by atoms with van der Waals surface area (Å²) >= 11 is 6.12. The Balaban J connectivity index is 1.97. The van der Waals surface area contributed by atoms with Crippen LogP contribution in [-0.2, 0) is 0 Å². The molecule has 7 nitrogen and oxygen atoms in total. The molecule has 0 saturated heterocycles. The number of ether oxygens (including phenoxy) is 1. The number of anilines is 2. The number of nitrogens with zero attached hydrogens (tertiary/aromatic N) is 3. The zero-order chi connectivity index (χ0) is 19.6. The smallest absolute Gasteiger partial charge is 0.373 e. The van der Waals surface area contributed by atoms with Crippen molar-refractivity contribution in [1.82, 2.24) is 9.97 Å². The van der Waals surface area contributed by atoms with E-state index in [0.717, 1.165) is 16.7 Å². The van der Waals surface area contributed by atoms with E-state index in [0.29, 0.717) is 16.5 Å². The molecule has 0 aliphatic rings. The first-order valence-corrected chi connectivity index (χ1v) is 8.50. The Morgan fingerprint density at radius 1 is 1.04 bits per heavy atom. The molecule has 138 valence electrons. The monoisotopic (exact) mass is 384 g/mol. The fourth-order valence-electron chi connectivity index (χ4n) is 2.39. The van der Waals surface area contributed by atoms with Crippen molar-refractivity contribution in [1.29, 1.82) is 0 Å². The van der Waals surface area contributed by atoms with Crippen LogP contribution in [0, 0.1) is 30.9 Å². The average molecular weight is 385 g/mol. The number of aromatic nitrogens is 2. The van der Waals surface area contributed by atoms with Gasteiger partial charge in [-0.25, -0.2) is 4.98 Å². The van der Waals surface area contributed by atoms with E-state index < -0.39 is 4.92 Å². The third-order valence-corrected chi connectivity index (χ3v) is 4.51. The van der Waals surface area contributed by atoms with Gasteiger partial charge in [0.25, 0.3) is 0 Å². The lowest BCUT2D eigenvalue weighted by Gasteiger charge is -2.11. The van der Waals surface area contributed by atoms with Gasteiger partial charge in [-0.15, -0.1) is 0 Å². The van der Waals surface area contributed by atoms with Gasteiger partial charge in [0.2, 0.25) is 5.82 Å². The fourth-order valence-corrected chi connectivity index (χ4v) is 2.57. The molecule has 27 heavy (non-hydrogen) atoms. The van der Waals surface area contributed by atoms with Crippen molar-refractivity contribution in [3.05, 3.63) is 74.6 Å². The Kier molecular flexibility index (Phi) is 5.23. The molecule has 2 aromatic carbocycles. The summed E-state index contributed by atoms with van der Waals surface area (Å²) in [5, 5.41) is 15.1. The summed E-state index contributed by atoms with van der Waals surface area (Å²) in [6.07, 6.45) is 1.21. The molecule has 1 N–H and O–H groups in total. The van der Waals surface area contributed by atoms with Crippen LogP contribution < -0.4 is 10.1 Å². The van der Waals surface area contributed by atoms with Gasteiger partial charge in [0, 0.05) is 10.7 Å². The standard InChI is InChI=1S/C19H17ClN4O3/c1-11-5-7-15(8-13(11)3)27-19-17(24(25)26)18(21-10-22-19)23-14-6-4-12(2)16(20)9-14/h4-10H,1-3H3,(H,21,22,23). The summed E-state index contributed by atoms with van der Waals surface area (Å²) in [5.74, 6) is 0.344. The van der Waals surface area contributed by atoms with E-state index in [2.05, 4.69) is 15.3 Å². The van der Waals surface area contributed by atoms with E-state index >= 15 is 0 Å². The van der Waals surface area contributed by atoms with Gasteiger partial charge < -0.3 is 10.1 Å². The van der Waals surface area contributed by atoms with Crippen LogP contribution in [0.1, 0.15) is 16.7 Å². The number of hydrogen-bond donors (Lipinski definition) is 1. The quantitative estimate of drug-likeness (QED) is 0.461. The molecular formula is C19H17ClN4O3. The lowest BCUT2D eigenvalue weighted by molar-refractivity contribution is -0.385. The van der Waals surface area contributed by atoms with Crippen LogP contribution in [0.5, 0.6) is 11.6 Å². The summed E-state index contributed by atoms with van der Waals surface area (Å²) in [6, 6.07) is 10.7. The first-order chi connectivity index (χ1) is 12.8. The molecule has 0 atom stereocenters. The second-order valence-corrected chi connectivity index (χ2v) is 6.48. The van der Waals surface area contributed by atoms with E-state index in [4.69, 9.17) is 16.3 Å². The molecule has 1 heterocycles. The Morgan fingerprint density at radius 2 is 1.78 bits per heavy atom. The van der Waals surface area contributed by atoms with Crippen LogP contribution in [-0.4, -0.2) is 14.9 Å². The van der Waals surface area contributed by atoms with E-state index in [-0.39, 0.29) is 17.4 Å². The van der Waals surface area contributed by atoms with Crippen molar-refractivity contribution in [3.8, 4) is 11.6 Å². The molecule has 0 saturated carbocycles. The minimum atomic E-state index is -0.575. The Labute approximate surface area is 161 Å². The van der Waals surface area contributed by atoms with Gasteiger partial charge in [0.15, 0.2) is 0 Å². The van der Waals surface area contributed by atoms with Crippen LogP contribution in [0.3, 0.4) is 0 Å². The maximum Gasteiger partial charge on any atom is 0.373 e. The molecule has 0 bridgehead atoms. The maximum absolute atomic E-state index is 11.6. The molecule has 8 heteroatoms. The summed E-state index contributed by atoms with van der Waals surface area (Å²) in [4.78, 5) is 19.0. The molecule has 0 aliphatic carbocycles. The minimum Gasteiger partial charge on any atom is -0.434 e. The predicted octanol–water partition coefficient (Wildman–Crippen LogP) is 5.50. The van der Waals surface area contributed by atoms with Crippen molar-refractivity contribution in [3.63, 3.8) is 0 Å². The second kappa shape index (κ2) is 7.59. The SMILES string of the molecule is Cc1ccc(Oc2ncnc(Nc3ccc(C)c(Cl)c3)c2[N+](=O)[O-])cc1C. The zero-order valence-electron chi connectivity index (χ0n) is 15.0. The first-order valence-electron chi connectivity index (χ1n) is 8.13. The third-order valence-electron chi connectivity index (χ3n) is 4.10. The van der Waals surface area contributed by atoms with Crippen LogP contribution in [0.25, 0.3) is 0 Å². The lowest BCUT2D eigenvalue weighted by atomic mass is 10.1. The summed E-state index contributed by atoms with van der Waals surface area (Å²) in [7, 11) is 0. The van der Waals surface area contributed by atoms with Gasteiger partial charge in [-0.3, -0.25) is 10.1 Å². The molecule has 3 rings (SSSR count). The zero-order valence-corrected chi connectivity index (χ0v) is 15.7. The van der Waals surface area contributed by atoms with Crippen LogP contribution in [0.2, 0.25) is 5.02 Å². The van der Waals surface area contributed by atoms with Crippen molar-refractivity contribution in [2.75, 3.05) is 5.32 Å². The summed E-state index contributed by atoms with van der Waals surface area (Å²) < 4.78 is 5.67. The largest absolute Gasteiger partial charge is 0.434 e. The Bertz CT molecular complexity index is 952. The second-order valence-electron chi connectivity index (χ2n) is 6.07. The number of benzene rings is 2. The third kappa shape index (κ3) is 4.15. The topological polar surface area (TPSA) is 90.2 Å². The highest BCUT2D eigenvalue weighted by atomic mass is 35.5. The van der Waals surface area contributed by atoms with E-state index in [1.165, 1.54) is 6.33 Å². The van der Waals surface area contributed by atoms with Gasteiger partial charge >= 0.3 is 11.6 Å². The van der Waals surface area contributed by atoms with Gasteiger partial charge in [-0.1, -0.05) is 23.7 Å². The number of hydrogen-bond acceptors (Lipinski definition) is 6. The van der Waals surface area contributed by atoms with E-state index in [9.17, 15) is 10.1 Å². The first kappa shape index (κ1) is 18.6.